The van der Waals surface area contributed by atoms with Crippen molar-refractivity contribution in [1.82, 2.24) is 15.0 Å². The average molecular weight is 253 g/mol. The highest BCUT2D eigenvalue weighted by molar-refractivity contribution is 5.90. The Morgan fingerprint density at radius 3 is 2.39 bits per heavy atom. The van der Waals surface area contributed by atoms with Crippen molar-refractivity contribution < 1.29 is 14.3 Å². The predicted octanol–water partition coefficient (Wildman–Crippen LogP) is 0.211. The van der Waals surface area contributed by atoms with E-state index in [2.05, 4.69) is 20.3 Å². The summed E-state index contributed by atoms with van der Waals surface area (Å²) >= 11 is 0. The van der Waals surface area contributed by atoms with E-state index in [-0.39, 0.29) is 29.7 Å². The third-order valence-corrected chi connectivity index (χ3v) is 2.01. The molecule has 0 saturated carbocycles. The number of anilines is 2. The number of nitrogens with zero attached hydrogens (tertiary/aromatic N) is 4. The fourth-order valence-electron chi connectivity index (χ4n) is 1.28. The zero-order chi connectivity index (χ0) is 13.7. The van der Waals surface area contributed by atoms with Crippen molar-refractivity contribution in [1.29, 1.82) is 0 Å². The Kier molecular flexibility index (Phi) is 4.52. The van der Waals surface area contributed by atoms with Gasteiger partial charge in [0.25, 0.3) is 0 Å². The molecule has 1 N–H and O–H groups in total. The van der Waals surface area contributed by atoms with E-state index in [1.54, 1.807) is 6.92 Å². The van der Waals surface area contributed by atoms with E-state index in [0.717, 1.165) is 0 Å². The fraction of sp³-hybridized carbons (Fsp3) is 0.500. The van der Waals surface area contributed by atoms with E-state index in [9.17, 15) is 9.59 Å². The number of carbonyl (C=O) groups is 2. The van der Waals surface area contributed by atoms with Crippen LogP contribution in [-0.4, -0.2) is 40.4 Å². The molecule has 18 heavy (non-hydrogen) atoms. The smallest absolute Gasteiger partial charge is 0.322 e. The summed E-state index contributed by atoms with van der Waals surface area (Å²) in [6, 6.07) is 0.0310. The Balaban J connectivity index is 3.17. The molecule has 0 aliphatic heterocycles. The van der Waals surface area contributed by atoms with E-state index >= 15 is 0 Å². The number of rotatable bonds is 4. The van der Waals surface area contributed by atoms with Crippen LogP contribution in [-0.2, 0) is 9.59 Å². The van der Waals surface area contributed by atoms with Crippen molar-refractivity contribution in [3.63, 3.8) is 0 Å². The molecule has 98 valence electrons. The van der Waals surface area contributed by atoms with Crippen LogP contribution >= 0.6 is 0 Å². The van der Waals surface area contributed by atoms with Crippen LogP contribution in [0.4, 0.5) is 11.9 Å². The number of carbonyl (C=O) groups excluding carboxylic acids is 2. The minimum atomic E-state index is -0.319. The highest BCUT2D eigenvalue weighted by atomic mass is 16.5. The van der Waals surface area contributed by atoms with Gasteiger partial charge >= 0.3 is 6.01 Å². The van der Waals surface area contributed by atoms with Gasteiger partial charge in [-0.1, -0.05) is 0 Å². The summed E-state index contributed by atoms with van der Waals surface area (Å²) in [7, 11) is 1.39. The highest BCUT2D eigenvalue weighted by Crippen LogP contribution is 2.14. The van der Waals surface area contributed by atoms with Gasteiger partial charge in [-0.3, -0.25) is 19.8 Å². The van der Waals surface area contributed by atoms with Gasteiger partial charge in [0.05, 0.1) is 7.11 Å². The molecule has 8 heteroatoms. The van der Waals surface area contributed by atoms with Crippen molar-refractivity contribution >= 4 is 23.7 Å². The first-order chi connectivity index (χ1) is 8.47. The van der Waals surface area contributed by atoms with Gasteiger partial charge in [-0.15, -0.1) is 0 Å². The van der Waals surface area contributed by atoms with Crippen LogP contribution in [0.1, 0.15) is 20.8 Å². The quantitative estimate of drug-likeness (QED) is 0.823. The van der Waals surface area contributed by atoms with Crippen molar-refractivity contribution in [2.24, 2.45) is 0 Å². The minimum absolute atomic E-state index is 0.0310. The summed E-state index contributed by atoms with van der Waals surface area (Å²) in [5.41, 5.74) is 0. The zero-order valence-electron chi connectivity index (χ0n) is 10.7. The Bertz CT molecular complexity index is 463. The van der Waals surface area contributed by atoms with Crippen molar-refractivity contribution in [3.05, 3.63) is 0 Å². The van der Waals surface area contributed by atoms with Crippen LogP contribution < -0.4 is 15.0 Å². The number of aromatic nitrogens is 3. The van der Waals surface area contributed by atoms with Crippen LogP contribution in [0.3, 0.4) is 0 Å². The van der Waals surface area contributed by atoms with Gasteiger partial charge < -0.3 is 4.74 Å². The Morgan fingerprint density at radius 1 is 1.28 bits per heavy atom. The second-order valence-electron chi connectivity index (χ2n) is 3.39. The maximum atomic E-state index is 11.4. The van der Waals surface area contributed by atoms with E-state index in [1.807, 2.05) is 0 Å². The number of ether oxygens (including phenoxy) is 1. The fourth-order valence-corrected chi connectivity index (χ4v) is 1.28. The van der Waals surface area contributed by atoms with Crippen molar-refractivity contribution in [2.45, 2.75) is 20.8 Å². The molecule has 0 aliphatic carbocycles. The second-order valence-corrected chi connectivity index (χ2v) is 3.39. The lowest BCUT2D eigenvalue weighted by molar-refractivity contribution is -0.116. The van der Waals surface area contributed by atoms with Gasteiger partial charge in [0.2, 0.25) is 23.7 Å². The Labute approximate surface area is 104 Å². The average Bonchev–Trinajstić information content (AvgIpc) is 2.28. The molecule has 1 heterocycles. The molecular weight excluding hydrogens is 238 g/mol. The molecule has 0 atom stereocenters. The molecule has 0 aliphatic rings. The molecule has 0 spiro atoms. The third-order valence-electron chi connectivity index (χ3n) is 2.01. The van der Waals surface area contributed by atoms with Crippen LogP contribution in [0, 0.1) is 0 Å². The number of hydrogen-bond donors (Lipinski definition) is 1. The normalized spacial score (nSPS) is 9.78. The summed E-state index contributed by atoms with van der Waals surface area (Å²) in [5.74, 6) is -0.343. The zero-order valence-corrected chi connectivity index (χ0v) is 10.7. The minimum Gasteiger partial charge on any atom is -0.467 e. The topological polar surface area (TPSA) is 97.3 Å². The molecule has 0 fully saturated rings. The Morgan fingerprint density at radius 2 is 1.94 bits per heavy atom. The van der Waals surface area contributed by atoms with Gasteiger partial charge in [-0.25, -0.2) is 0 Å². The number of hydrogen-bond acceptors (Lipinski definition) is 6. The van der Waals surface area contributed by atoms with Crippen molar-refractivity contribution in [3.8, 4) is 6.01 Å². The first-order valence-corrected chi connectivity index (χ1v) is 5.33. The van der Waals surface area contributed by atoms with E-state index in [1.165, 1.54) is 25.9 Å². The van der Waals surface area contributed by atoms with E-state index in [0.29, 0.717) is 6.54 Å². The molecule has 1 rings (SSSR count). The number of amides is 2. The van der Waals surface area contributed by atoms with Crippen LogP contribution in [0.5, 0.6) is 6.01 Å². The lowest BCUT2D eigenvalue weighted by Gasteiger charge is -2.17. The van der Waals surface area contributed by atoms with Gasteiger partial charge in [0.15, 0.2) is 0 Å². The molecule has 0 unspecified atom stereocenters. The van der Waals surface area contributed by atoms with Crippen LogP contribution in [0.2, 0.25) is 0 Å². The molecular formula is C10H15N5O3. The molecule has 1 aromatic rings. The summed E-state index contributed by atoms with van der Waals surface area (Å²) < 4.78 is 4.90. The molecule has 1 aromatic heterocycles. The summed E-state index contributed by atoms with van der Waals surface area (Å²) in [4.78, 5) is 35.5. The first kappa shape index (κ1) is 13.8. The van der Waals surface area contributed by atoms with Crippen molar-refractivity contribution in [2.75, 3.05) is 23.9 Å². The van der Waals surface area contributed by atoms with Gasteiger partial charge in [0, 0.05) is 20.4 Å². The van der Waals surface area contributed by atoms with Crippen LogP contribution in [0.25, 0.3) is 0 Å². The third kappa shape index (κ3) is 3.37. The standard InChI is InChI=1S/C10H15N5O3/c1-5-15(7(3)17)9-12-8(11-6(2)16)13-10(14-9)18-4/h5H2,1-4H3,(H,11,12,13,14,16). The number of nitrogens with one attached hydrogen (secondary N) is 1. The largest absolute Gasteiger partial charge is 0.467 e. The summed E-state index contributed by atoms with van der Waals surface area (Å²) in [6.07, 6.45) is 0. The van der Waals surface area contributed by atoms with Gasteiger partial charge in [-0.05, 0) is 6.92 Å². The Hall–Kier alpha value is -2.25. The molecule has 0 saturated heterocycles. The maximum Gasteiger partial charge on any atom is 0.322 e. The molecule has 8 nitrogen and oxygen atoms in total. The molecule has 0 radical (unpaired) electrons. The molecule has 2 amide bonds. The lowest BCUT2D eigenvalue weighted by atomic mass is 10.5. The van der Waals surface area contributed by atoms with E-state index in [4.69, 9.17) is 4.74 Å². The van der Waals surface area contributed by atoms with Gasteiger partial charge in [0.1, 0.15) is 0 Å². The van der Waals surface area contributed by atoms with Gasteiger partial charge in [-0.2, -0.15) is 15.0 Å². The second kappa shape index (κ2) is 5.89. The number of methoxy groups -OCH3 is 1. The summed E-state index contributed by atoms with van der Waals surface area (Å²) in [6.45, 7) is 4.92. The predicted molar refractivity (Wildman–Crippen MR) is 64.4 cm³/mol. The SMILES string of the molecule is CCN(C(C)=O)c1nc(NC(C)=O)nc(OC)n1. The lowest BCUT2D eigenvalue weighted by Crippen LogP contribution is -2.30. The summed E-state index contributed by atoms with van der Waals surface area (Å²) in [5, 5.41) is 2.42. The molecule has 0 bridgehead atoms. The monoisotopic (exact) mass is 253 g/mol. The van der Waals surface area contributed by atoms with Crippen LogP contribution in [0.15, 0.2) is 0 Å². The molecule has 0 aromatic carbocycles. The highest BCUT2D eigenvalue weighted by Gasteiger charge is 2.16. The first-order valence-electron chi connectivity index (χ1n) is 5.33. The van der Waals surface area contributed by atoms with E-state index < -0.39 is 0 Å². The maximum absolute atomic E-state index is 11.4.